The van der Waals surface area contributed by atoms with Gasteiger partial charge in [-0.1, -0.05) is 0 Å². The minimum absolute atomic E-state index is 0.282. The van der Waals surface area contributed by atoms with Crippen molar-refractivity contribution in [2.75, 3.05) is 10.7 Å². The second-order valence-corrected chi connectivity index (χ2v) is 3.43. The van der Waals surface area contributed by atoms with E-state index in [1.165, 1.54) is 6.20 Å². The summed E-state index contributed by atoms with van der Waals surface area (Å²) in [6.45, 7) is 0. The number of nitrogens with two attached hydrogens (primary N) is 1. The number of nitrogens with zero attached hydrogens (tertiary/aromatic N) is 3. The van der Waals surface area contributed by atoms with Crippen LogP contribution in [-0.4, -0.2) is 20.7 Å². The third-order valence-electron chi connectivity index (χ3n) is 2.12. The molecule has 0 unspecified atom stereocenters. The van der Waals surface area contributed by atoms with Gasteiger partial charge in [0, 0.05) is 19.4 Å². The molecule has 0 saturated carbocycles. The molecule has 0 spiro atoms. The fourth-order valence-electron chi connectivity index (χ4n) is 1.33. The highest BCUT2D eigenvalue weighted by atomic mass is 16.1. The van der Waals surface area contributed by atoms with E-state index >= 15 is 0 Å². The Morgan fingerprint density at radius 3 is 2.94 bits per heavy atom. The van der Waals surface area contributed by atoms with Crippen molar-refractivity contribution in [1.82, 2.24) is 14.8 Å². The number of aryl methyl sites for hydroxylation is 1. The van der Waals surface area contributed by atoms with Crippen molar-refractivity contribution in [2.24, 2.45) is 12.9 Å². The third kappa shape index (κ3) is 2.58. The van der Waals surface area contributed by atoms with Gasteiger partial charge in [-0.15, -0.1) is 0 Å². The molecule has 0 bridgehead atoms. The average molecular weight is 232 g/mol. The van der Waals surface area contributed by atoms with Crippen molar-refractivity contribution in [3.8, 4) is 0 Å². The van der Waals surface area contributed by atoms with Crippen LogP contribution in [0.25, 0.3) is 0 Å². The second kappa shape index (κ2) is 4.62. The van der Waals surface area contributed by atoms with Crippen molar-refractivity contribution < 1.29 is 4.79 Å². The van der Waals surface area contributed by atoms with Crippen molar-refractivity contribution in [2.45, 2.75) is 0 Å². The number of hydrogen-bond acceptors (Lipinski definition) is 5. The molecule has 7 nitrogen and oxygen atoms in total. The van der Waals surface area contributed by atoms with Gasteiger partial charge in [-0.3, -0.25) is 20.3 Å². The maximum absolute atomic E-state index is 11.8. The molecule has 4 N–H and O–H groups in total. The zero-order valence-electron chi connectivity index (χ0n) is 9.21. The van der Waals surface area contributed by atoms with Gasteiger partial charge in [0.25, 0.3) is 5.91 Å². The summed E-state index contributed by atoms with van der Waals surface area (Å²) in [7, 11) is 1.77. The summed E-state index contributed by atoms with van der Waals surface area (Å²) in [6.07, 6.45) is 4.76. The molecule has 17 heavy (non-hydrogen) atoms. The van der Waals surface area contributed by atoms with E-state index in [1.54, 1.807) is 36.3 Å². The molecule has 0 radical (unpaired) electrons. The van der Waals surface area contributed by atoms with E-state index < -0.39 is 0 Å². The smallest absolute Gasteiger partial charge is 0.274 e. The molecule has 0 aliphatic rings. The van der Waals surface area contributed by atoms with Gasteiger partial charge >= 0.3 is 0 Å². The first-order valence-corrected chi connectivity index (χ1v) is 4.91. The summed E-state index contributed by atoms with van der Waals surface area (Å²) in [5.74, 6) is 4.94. The normalized spacial score (nSPS) is 10.0. The molecule has 0 saturated heterocycles. The van der Waals surface area contributed by atoms with Crippen molar-refractivity contribution in [1.29, 1.82) is 0 Å². The fraction of sp³-hybridized carbons (Fsp3) is 0.100. The first kappa shape index (κ1) is 11.1. The van der Waals surface area contributed by atoms with E-state index in [1.807, 2.05) is 0 Å². The number of carbonyl (C=O) groups is 1. The molecule has 0 aromatic carbocycles. The maximum atomic E-state index is 11.8. The Bertz CT molecular complexity index is 535. The summed E-state index contributed by atoms with van der Waals surface area (Å²) in [6, 6.07) is 3.23. The van der Waals surface area contributed by atoms with Gasteiger partial charge < -0.3 is 10.7 Å². The van der Waals surface area contributed by atoms with E-state index in [4.69, 9.17) is 5.84 Å². The summed E-state index contributed by atoms with van der Waals surface area (Å²) in [4.78, 5) is 15.8. The van der Waals surface area contributed by atoms with Crippen LogP contribution in [0.2, 0.25) is 0 Å². The highest BCUT2D eigenvalue weighted by Crippen LogP contribution is 2.09. The summed E-state index contributed by atoms with van der Waals surface area (Å²) in [5, 5.41) is 6.62. The molecule has 2 aromatic heterocycles. The van der Waals surface area contributed by atoms with Gasteiger partial charge in [0.1, 0.15) is 5.69 Å². The number of nitrogens with one attached hydrogen (secondary N) is 2. The van der Waals surface area contributed by atoms with Gasteiger partial charge in [0.2, 0.25) is 0 Å². The number of carbonyl (C=O) groups excluding carboxylic acids is 1. The highest BCUT2D eigenvalue weighted by molar-refractivity contribution is 6.03. The minimum Gasteiger partial charge on any atom is -0.324 e. The van der Waals surface area contributed by atoms with Crippen LogP contribution in [-0.2, 0) is 7.05 Å². The summed E-state index contributed by atoms with van der Waals surface area (Å²) < 4.78 is 1.60. The zero-order chi connectivity index (χ0) is 12.3. The van der Waals surface area contributed by atoms with Crippen LogP contribution in [0, 0.1) is 0 Å². The number of hydrogen-bond donors (Lipinski definition) is 3. The van der Waals surface area contributed by atoms with Gasteiger partial charge in [-0.25, -0.2) is 0 Å². The van der Waals surface area contributed by atoms with Crippen LogP contribution in [0.4, 0.5) is 11.4 Å². The van der Waals surface area contributed by atoms with Crippen LogP contribution < -0.4 is 16.6 Å². The molecular formula is C10H12N6O. The fourth-order valence-corrected chi connectivity index (χ4v) is 1.33. The average Bonchev–Trinajstić information content (AvgIpc) is 2.75. The lowest BCUT2D eigenvalue weighted by atomic mass is 10.3. The first-order chi connectivity index (χ1) is 8.19. The van der Waals surface area contributed by atoms with E-state index in [0.717, 1.165) is 0 Å². The van der Waals surface area contributed by atoms with Crippen molar-refractivity contribution >= 4 is 17.3 Å². The Labute approximate surface area is 97.6 Å². The van der Waals surface area contributed by atoms with Gasteiger partial charge in [0.05, 0.1) is 17.6 Å². The molecule has 0 aliphatic carbocycles. The predicted octanol–water partition coefficient (Wildman–Crippen LogP) is 0.353. The van der Waals surface area contributed by atoms with Crippen LogP contribution in [0.1, 0.15) is 10.5 Å². The van der Waals surface area contributed by atoms with E-state index in [2.05, 4.69) is 20.8 Å². The molecule has 1 amide bonds. The van der Waals surface area contributed by atoms with Gasteiger partial charge in [-0.05, 0) is 12.1 Å². The molecule has 2 rings (SSSR count). The first-order valence-electron chi connectivity index (χ1n) is 4.91. The Balaban J connectivity index is 2.14. The number of nitrogen functional groups attached to an aromatic ring is 1. The summed E-state index contributed by atoms with van der Waals surface area (Å²) >= 11 is 0. The number of anilines is 2. The SMILES string of the molecule is Cn1cc(NC(=O)c2cc(NN)ccn2)cn1. The van der Waals surface area contributed by atoms with Crippen molar-refractivity contribution in [3.63, 3.8) is 0 Å². The number of pyridine rings is 1. The molecule has 88 valence electrons. The molecule has 2 aromatic rings. The van der Waals surface area contributed by atoms with Gasteiger partial charge in [-0.2, -0.15) is 5.10 Å². The molecule has 2 heterocycles. The lowest BCUT2D eigenvalue weighted by Crippen LogP contribution is -2.14. The lowest BCUT2D eigenvalue weighted by Gasteiger charge is -2.03. The van der Waals surface area contributed by atoms with Crippen LogP contribution in [0.3, 0.4) is 0 Å². The van der Waals surface area contributed by atoms with E-state index in [9.17, 15) is 4.79 Å². The molecule has 0 atom stereocenters. The van der Waals surface area contributed by atoms with Crippen LogP contribution >= 0.6 is 0 Å². The lowest BCUT2D eigenvalue weighted by molar-refractivity contribution is 0.102. The van der Waals surface area contributed by atoms with Crippen molar-refractivity contribution in [3.05, 3.63) is 36.4 Å². The molecular weight excluding hydrogens is 220 g/mol. The zero-order valence-corrected chi connectivity index (χ0v) is 9.21. The van der Waals surface area contributed by atoms with E-state index in [0.29, 0.717) is 11.4 Å². The van der Waals surface area contributed by atoms with E-state index in [-0.39, 0.29) is 11.6 Å². The Morgan fingerprint density at radius 1 is 1.47 bits per heavy atom. The van der Waals surface area contributed by atoms with Crippen LogP contribution in [0.15, 0.2) is 30.7 Å². The quantitative estimate of drug-likeness (QED) is 0.524. The second-order valence-electron chi connectivity index (χ2n) is 3.43. The molecule has 0 aliphatic heterocycles. The minimum atomic E-state index is -0.310. The number of aromatic nitrogens is 3. The largest absolute Gasteiger partial charge is 0.324 e. The Kier molecular flexibility index (Phi) is 3.01. The van der Waals surface area contributed by atoms with Gasteiger partial charge in [0.15, 0.2) is 0 Å². The standard InChI is InChI=1S/C10H12N6O/c1-16-6-8(5-13-16)14-10(17)9-4-7(15-11)2-3-12-9/h2-6H,11H2,1H3,(H,12,15)(H,14,17). The Hall–Kier alpha value is -2.41. The number of hydrazine groups is 1. The topological polar surface area (TPSA) is 97.9 Å². The number of rotatable bonds is 3. The maximum Gasteiger partial charge on any atom is 0.274 e. The summed E-state index contributed by atoms with van der Waals surface area (Å²) in [5.41, 5.74) is 3.97. The Morgan fingerprint density at radius 2 is 2.29 bits per heavy atom. The van der Waals surface area contributed by atoms with Crippen LogP contribution in [0.5, 0.6) is 0 Å². The number of amides is 1. The molecule has 0 fully saturated rings. The highest BCUT2D eigenvalue weighted by Gasteiger charge is 2.08. The third-order valence-corrected chi connectivity index (χ3v) is 2.12. The predicted molar refractivity (Wildman–Crippen MR) is 63.2 cm³/mol. The molecule has 7 heteroatoms. The monoisotopic (exact) mass is 232 g/mol.